The molecule has 3 rings (SSSR count). The summed E-state index contributed by atoms with van der Waals surface area (Å²) in [5.74, 6) is 0.704. The molecular weight excluding hydrogens is 421 g/mol. The number of guanidine groups is 1. The van der Waals surface area contributed by atoms with Crippen molar-refractivity contribution in [1.29, 1.82) is 0 Å². The molecule has 0 unspecified atom stereocenters. The van der Waals surface area contributed by atoms with Gasteiger partial charge in [0.15, 0.2) is 11.1 Å². The summed E-state index contributed by atoms with van der Waals surface area (Å²) in [6.45, 7) is 4.61. The van der Waals surface area contributed by atoms with Crippen LogP contribution in [0.1, 0.15) is 32.1 Å². The zero-order valence-electron chi connectivity index (χ0n) is 13.5. The highest BCUT2D eigenvalue weighted by Crippen LogP contribution is 2.20. The van der Waals surface area contributed by atoms with Gasteiger partial charge in [-0.2, -0.15) is 0 Å². The topological polar surface area (TPSA) is 57.8 Å². The third kappa shape index (κ3) is 5.34. The van der Waals surface area contributed by atoms with Gasteiger partial charge in [0.05, 0.1) is 0 Å². The largest absolute Gasteiger partial charge is 0.370 e. The first-order valence-electron chi connectivity index (χ1n) is 8.20. The van der Waals surface area contributed by atoms with Crippen LogP contribution in [0.25, 0.3) is 0 Å². The Morgan fingerprint density at radius 1 is 1.26 bits per heavy atom. The lowest BCUT2D eigenvalue weighted by Crippen LogP contribution is -2.51. The van der Waals surface area contributed by atoms with Crippen LogP contribution in [-0.2, 0) is 0 Å². The van der Waals surface area contributed by atoms with Gasteiger partial charge in [-0.3, -0.25) is 4.99 Å². The minimum atomic E-state index is 0. The van der Waals surface area contributed by atoms with Crippen LogP contribution >= 0.6 is 35.3 Å². The lowest BCUT2D eigenvalue weighted by atomic mass is 9.97. The number of nitrogens with zero attached hydrogens (tertiary/aromatic N) is 4. The van der Waals surface area contributed by atoms with Gasteiger partial charge in [0.1, 0.15) is 0 Å². The molecule has 0 spiro atoms. The Morgan fingerprint density at radius 3 is 2.74 bits per heavy atom. The zero-order chi connectivity index (χ0) is 15.2. The quantitative estimate of drug-likeness (QED) is 0.334. The van der Waals surface area contributed by atoms with Gasteiger partial charge in [-0.25, -0.2) is 4.98 Å². The molecule has 128 valence electrons. The second kappa shape index (κ2) is 9.46. The fourth-order valence-electron chi connectivity index (χ4n) is 3.04. The number of anilines is 1. The number of hydrogen-bond donors (Lipinski definition) is 1. The van der Waals surface area contributed by atoms with Crippen LogP contribution in [-0.4, -0.2) is 48.6 Å². The number of rotatable bonds is 4. The summed E-state index contributed by atoms with van der Waals surface area (Å²) in [5, 5.41) is 3.14. The third-order valence-electron chi connectivity index (χ3n) is 4.39. The highest BCUT2D eigenvalue weighted by molar-refractivity contribution is 14.0. The highest BCUT2D eigenvalue weighted by atomic mass is 127. The van der Waals surface area contributed by atoms with Gasteiger partial charge in [-0.15, -0.1) is 35.3 Å². The summed E-state index contributed by atoms with van der Waals surface area (Å²) in [6.07, 6.45) is 10.5. The number of thiazole rings is 1. The smallest absolute Gasteiger partial charge is 0.191 e. The molecule has 7 heteroatoms. The van der Waals surface area contributed by atoms with Crippen molar-refractivity contribution in [2.24, 2.45) is 10.7 Å². The molecule has 1 aromatic heterocycles. The van der Waals surface area contributed by atoms with E-state index < -0.39 is 0 Å². The molecule has 0 bridgehead atoms. The van der Waals surface area contributed by atoms with Gasteiger partial charge in [0.25, 0.3) is 0 Å². The predicted molar refractivity (Wildman–Crippen MR) is 109 cm³/mol. The molecule has 2 aliphatic rings. The second-order valence-electron chi connectivity index (χ2n) is 5.89. The molecule has 0 radical (unpaired) electrons. The van der Waals surface area contributed by atoms with E-state index in [2.05, 4.69) is 25.9 Å². The number of halogens is 1. The molecule has 0 amide bonds. The maximum Gasteiger partial charge on any atom is 0.191 e. The maximum absolute atomic E-state index is 6.15. The van der Waals surface area contributed by atoms with Crippen LogP contribution in [0.15, 0.2) is 28.2 Å². The van der Waals surface area contributed by atoms with Crippen LogP contribution in [0.2, 0.25) is 0 Å². The van der Waals surface area contributed by atoms with E-state index >= 15 is 0 Å². The lowest BCUT2D eigenvalue weighted by molar-refractivity contribution is 0.380. The molecule has 23 heavy (non-hydrogen) atoms. The second-order valence-corrected chi connectivity index (χ2v) is 6.76. The molecule has 5 nitrogen and oxygen atoms in total. The van der Waals surface area contributed by atoms with E-state index in [9.17, 15) is 0 Å². The van der Waals surface area contributed by atoms with Crippen LogP contribution in [0.5, 0.6) is 0 Å². The molecule has 1 aliphatic carbocycles. The number of allylic oxidation sites excluding steroid dienone is 1. The Morgan fingerprint density at radius 2 is 2.09 bits per heavy atom. The predicted octanol–water partition coefficient (Wildman–Crippen LogP) is 3.09. The normalized spacial score (nSPS) is 19.3. The average molecular weight is 447 g/mol. The lowest BCUT2D eigenvalue weighted by Gasteiger charge is -2.35. The van der Waals surface area contributed by atoms with Gasteiger partial charge in [0.2, 0.25) is 0 Å². The number of nitrogens with two attached hydrogens (primary N) is 1. The van der Waals surface area contributed by atoms with Crippen molar-refractivity contribution >= 4 is 46.4 Å². The summed E-state index contributed by atoms with van der Waals surface area (Å²) >= 11 is 1.70. The average Bonchev–Trinajstić information content (AvgIpc) is 3.10. The SMILES string of the molecule is I.NC(=NCCC1=CCCCC1)N1CCN(c2nccs2)CC1. The van der Waals surface area contributed by atoms with Crippen molar-refractivity contribution in [1.82, 2.24) is 9.88 Å². The van der Waals surface area contributed by atoms with Gasteiger partial charge >= 0.3 is 0 Å². The Balaban J connectivity index is 0.00000192. The summed E-state index contributed by atoms with van der Waals surface area (Å²) in [6, 6.07) is 0. The molecule has 0 aromatic carbocycles. The molecule has 0 atom stereocenters. The van der Waals surface area contributed by atoms with Crippen LogP contribution in [0.4, 0.5) is 5.13 Å². The van der Waals surface area contributed by atoms with Crippen LogP contribution in [0, 0.1) is 0 Å². The van der Waals surface area contributed by atoms with Crippen LogP contribution in [0.3, 0.4) is 0 Å². The van der Waals surface area contributed by atoms with Crippen LogP contribution < -0.4 is 10.6 Å². The standard InChI is InChI=1S/C16H25N5S.HI/c17-15(18-7-6-14-4-2-1-3-5-14)20-9-11-21(12-10-20)16-19-8-13-22-16;/h4,8,13H,1-3,5-7,9-12H2,(H2,17,18);1H. The van der Waals surface area contributed by atoms with Crippen molar-refractivity contribution in [3.05, 3.63) is 23.2 Å². The molecular formula is C16H26IN5S. The van der Waals surface area contributed by atoms with E-state index in [1.54, 1.807) is 16.9 Å². The Kier molecular flexibility index (Phi) is 7.61. The van der Waals surface area contributed by atoms with Gasteiger partial charge in [-0.1, -0.05) is 11.6 Å². The first-order valence-corrected chi connectivity index (χ1v) is 9.08. The summed E-state index contributed by atoms with van der Waals surface area (Å²) in [5.41, 5.74) is 7.72. The Bertz CT molecular complexity index is 521. The first kappa shape index (κ1) is 18.5. The molecule has 1 aliphatic heterocycles. The minimum absolute atomic E-state index is 0. The van der Waals surface area contributed by atoms with Crippen molar-refractivity contribution < 1.29 is 0 Å². The fourth-order valence-corrected chi connectivity index (χ4v) is 3.74. The van der Waals surface area contributed by atoms with Crippen molar-refractivity contribution in [3.8, 4) is 0 Å². The van der Waals surface area contributed by atoms with Gasteiger partial charge in [-0.05, 0) is 32.1 Å². The number of aliphatic imine (C=N–C) groups is 1. The number of hydrogen-bond acceptors (Lipinski definition) is 4. The maximum atomic E-state index is 6.15. The van der Waals surface area contributed by atoms with E-state index in [0.29, 0.717) is 5.96 Å². The Labute approximate surface area is 159 Å². The number of piperazine rings is 1. The van der Waals surface area contributed by atoms with E-state index in [1.807, 2.05) is 11.6 Å². The van der Waals surface area contributed by atoms with E-state index in [4.69, 9.17) is 5.73 Å². The van der Waals surface area contributed by atoms with Crippen molar-refractivity contribution in [2.45, 2.75) is 32.1 Å². The monoisotopic (exact) mass is 447 g/mol. The molecule has 1 aromatic rings. The van der Waals surface area contributed by atoms with Crippen molar-refractivity contribution in [3.63, 3.8) is 0 Å². The Hall–Kier alpha value is -0.830. The molecule has 1 fully saturated rings. The van der Waals surface area contributed by atoms with Crippen molar-refractivity contribution in [2.75, 3.05) is 37.6 Å². The molecule has 1 saturated heterocycles. The summed E-state index contributed by atoms with van der Waals surface area (Å²) < 4.78 is 0. The van der Waals surface area contributed by atoms with E-state index in [-0.39, 0.29) is 24.0 Å². The van der Waals surface area contributed by atoms with Gasteiger partial charge in [0, 0.05) is 44.3 Å². The fraction of sp³-hybridized carbons (Fsp3) is 0.625. The van der Waals surface area contributed by atoms with Gasteiger partial charge < -0.3 is 15.5 Å². The molecule has 0 saturated carbocycles. The third-order valence-corrected chi connectivity index (χ3v) is 5.22. The highest BCUT2D eigenvalue weighted by Gasteiger charge is 2.19. The van der Waals surface area contributed by atoms with E-state index in [0.717, 1.165) is 44.3 Å². The molecule has 2 heterocycles. The number of aromatic nitrogens is 1. The first-order chi connectivity index (χ1) is 10.8. The zero-order valence-corrected chi connectivity index (χ0v) is 16.6. The summed E-state index contributed by atoms with van der Waals surface area (Å²) in [4.78, 5) is 13.5. The van der Waals surface area contributed by atoms with E-state index in [1.165, 1.54) is 25.7 Å². The molecule has 2 N–H and O–H groups in total. The summed E-state index contributed by atoms with van der Waals surface area (Å²) in [7, 11) is 0. The minimum Gasteiger partial charge on any atom is -0.370 e.